The standard InChI is InChI=1S/C12H12ClN3S2/c13-9-3-1-2-8(6-9)7-17-12-16-15-11(18-12)14-10-4-5-10/h1-3,6,10H,4-5,7H2,(H,14,15). The van der Waals surface area contributed by atoms with Gasteiger partial charge in [-0.25, -0.2) is 0 Å². The summed E-state index contributed by atoms with van der Waals surface area (Å²) in [6.45, 7) is 0. The second-order valence-corrected chi connectivity index (χ2v) is 6.85. The van der Waals surface area contributed by atoms with Gasteiger partial charge in [-0.3, -0.25) is 0 Å². The molecule has 1 aliphatic carbocycles. The normalized spacial score (nSPS) is 14.7. The van der Waals surface area contributed by atoms with Gasteiger partial charge >= 0.3 is 0 Å². The van der Waals surface area contributed by atoms with Gasteiger partial charge in [0.15, 0.2) is 4.34 Å². The zero-order chi connectivity index (χ0) is 12.4. The largest absolute Gasteiger partial charge is 0.357 e. The van der Waals surface area contributed by atoms with Crippen molar-refractivity contribution in [3.05, 3.63) is 34.9 Å². The van der Waals surface area contributed by atoms with E-state index in [1.54, 1.807) is 23.1 Å². The molecule has 3 nitrogen and oxygen atoms in total. The molecule has 1 aromatic carbocycles. The number of anilines is 1. The van der Waals surface area contributed by atoms with Crippen LogP contribution in [0, 0.1) is 0 Å². The first kappa shape index (κ1) is 12.3. The zero-order valence-electron chi connectivity index (χ0n) is 9.60. The van der Waals surface area contributed by atoms with Crippen LogP contribution >= 0.6 is 34.7 Å². The van der Waals surface area contributed by atoms with E-state index in [9.17, 15) is 0 Å². The van der Waals surface area contributed by atoms with E-state index in [4.69, 9.17) is 11.6 Å². The lowest BCUT2D eigenvalue weighted by molar-refractivity contribution is 0.994. The Bertz CT molecular complexity index is 540. The van der Waals surface area contributed by atoms with Gasteiger partial charge in [-0.2, -0.15) is 0 Å². The highest BCUT2D eigenvalue weighted by Crippen LogP contribution is 2.31. The summed E-state index contributed by atoms with van der Waals surface area (Å²) in [5.74, 6) is 0.874. The van der Waals surface area contributed by atoms with Crippen LogP contribution in [0.25, 0.3) is 0 Å². The van der Waals surface area contributed by atoms with Gasteiger partial charge in [0.05, 0.1) is 0 Å². The Balaban J connectivity index is 1.57. The fourth-order valence-corrected chi connectivity index (χ4v) is 3.49. The van der Waals surface area contributed by atoms with Crippen molar-refractivity contribution in [2.24, 2.45) is 0 Å². The molecule has 1 N–H and O–H groups in total. The lowest BCUT2D eigenvalue weighted by Crippen LogP contribution is -1.99. The van der Waals surface area contributed by atoms with Crippen molar-refractivity contribution >= 4 is 39.8 Å². The van der Waals surface area contributed by atoms with E-state index in [2.05, 4.69) is 21.6 Å². The third-order valence-corrected chi connectivity index (χ3v) is 4.86. The average Bonchev–Trinajstić information content (AvgIpc) is 3.05. The van der Waals surface area contributed by atoms with Crippen molar-refractivity contribution in [2.45, 2.75) is 29.0 Å². The fraction of sp³-hybridized carbons (Fsp3) is 0.333. The van der Waals surface area contributed by atoms with E-state index in [0.717, 1.165) is 20.2 Å². The lowest BCUT2D eigenvalue weighted by atomic mass is 10.2. The molecule has 0 bridgehead atoms. The summed E-state index contributed by atoms with van der Waals surface area (Å²) in [7, 11) is 0. The van der Waals surface area contributed by atoms with Crippen LogP contribution in [0.1, 0.15) is 18.4 Å². The smallest absolute Gasteiger partial charge is 0.206 e. The van der Waals surface area contributed by atoms with Crippen LogP contribution in [0.4, 0.5) is 5.13 Å². The number of benzene rings is 1. The van der Waals surface area contributed by atoms with E-state index in [-0.39, 0.29) is 0 Å². The molecule has 94 valence electrons. The first-order valence-electron chi connectivity index (χ1n) is 5.77. The van der Waals surface area contributed by atoms with E-state index in [1.807, 2.05) is 18.2 Å². The van der Waals surface area contributed by atoms with E-state index in [0.29, 0.717) is 6.04 Å². The molecule has 0 saturated heterocycles. The van der Waals surface area contributed by atoms with Gasteiger partial charge in [0, 0.05) is 16.8 Å². The van der Waals surface area contributed by atoms with Crippen molar-refractivity contribution in [2.75, 3.05) is 5.32 Å². The third-order valence-electron chi connectivity index (χ3n) is 2.56. The summed E-state index contributed by atoms with van der Waals surface area (Å²) in [5, 5.41) is 13.4. The van der Waals surface area contributed by atoms with E-state index < -0.39 is 0 Å². The Hall–Kier alpha value is -0.780. The maximum atomic E-state index is 5.95. The monoisotopic (exact) mass is 297 g/mol. The molecule has 1 saturated carbocycles. The average molecular weight is 298 g/mol. The predicted octanol–water partition coefficient (Wildman–Crippen LogP) is 4.06. The molecule has 1 aliphatic rings. The summed E-state index contributed by atoms with van der Waals surface area (Å²) >= 11 is 9.27. The van der Waals surface area contributed by atoms with Crippen LogP contribution in [-0.4, -0.2) is 16.2 Å². The molecule has 0 amide bonds. The molecule has 1 fully saturated rings. The minimum Gasteiger partial charge on any atom is -0.357 e. The molecule has 0 radical (unpaired) electrons. The van der Waals surface area contributed by atoms with Gasteiger partial charge in [-0.05, 0) is 30.5 Å². The Morgan fingerprint density at radius 3 is 3.06 bits per heavy atom. The predicted molar refractivity (Wildman–Crippen MR) is 77.6 cm³/mol. The number of rotatable bonds is 5. The molecule has 2 aromatic rings. The molecular weight excluding hydrogens is 286 g/mol. The molecule has 0 atom stereocenters. The molecule has 18 heavy (non-hydrogen) atoms. The highest BCUT2D eigenvalue weighted by Gasteiger charge is 2.22. The number of thioether (sulfide) groups is 1. The van der Waals surface area contributed by atoms with Gasteiger partial charge in [0.2, 0.25) is 5.13 Å². The van der Waals surface area contributed by atoms with Crippen LogP contribution < -0.4 is 5.32 Å². The van der Waals surface area contributed by atoms with Crippen molar-refractivity contribution in [1.29, 1.82) is 0 Å². The van der Waals surface area contributed by atoms with Crippen LogP contribution in [0.2, 0.25) is 5.02 Å². The first-order chi connectivity index (χ1) is 8.79. The zero-order valence-corrected chi connectivity index (χ0v) is 12.0. The summed E-state index contributed by atoms with van der Waals surface area (Å²) in [4.78, 5) is 0. The van der Waals surface area contributed by atoms with Crippen LogP contribution in [-0.2, 0) is 5.75 Å². The number of halogens is 1. The Morgan fingerprint density at radius 2 is 2.28 bits per heavy atom. The van der Waals surface area contributed by atoms with Gasteiger partial charge in [-0.1, -0.05) is 46.8 Å². The summed E-state index contributed by atoms with van der Waals surface area (Å²) in [6, 6.07) is 8.54. The minimum absolute atomic E-state index is 0.628. The molecule has 6 heteroatoms. The Kier molecular flexibility index (Phi) is 3.72. The topological polar surface area (TPSA) is 37.8 Å². The van der Waals surface area contributed by atoms with E-state index in [1.165, 1.54) is 18.4 Å². The molecule has 0 spiro atoms. The summed E-state index contributed by atoms with van der Waals surface area (Å²) in [6.07, 6.45) is 2.51. The second kappa shape index (κ2) is 5.47. The van der Waals surface area contributed by atoms with Crippen LogP contribution in [0.3, 0.4) is 0 Å². The SMILES string of the molecule is Clc1cccc(CSc2nnc(NC3CC3)s2)c1. The fourth-order valence-electron chi connectivity index (χ4n) is 1.50. The number of hydrogen-bond donors (Lipinski definition) is 1. The van der Waals surface area contributed by atoms with Crippen molar-refractivity contribution in [3.63, 3.8) is 0 Å². The number of hydrogen-bond acceptors (Lipinski definition) is 5. The highest BCUT2D eigenvalue weighted by molar-refractivity contribution is 8.00. The number of nitrogens with one attached hydrogen (secondary N) is 1. The quantitative estimate of drug-likeness (QED) is 0.845. The third kappa shape index (κ3) is 3.37. The summed E-state index contributed by atoms with van der Waals surface area (Å²) in [5.41, 5.74) is 1.21. The molecular formula is C12H12ClN3S2. The Labute approximate surface area is 119 Å². The lowest BCUT2D eigenvalue weighted by Gasteiger charge is -1.98. The van der Waals surface area contributed by atoms with Gasteiger partial charge < -0.3 is 5.32 Å². The Morgan fingerprint density at radius 1 is 1.39 bits per heavy atom. The highest BCUT2D eigenvalue weighted by atomic mass is 35.5. The molecule has 1 aromatic heterocycles. The maximum Gasteiger partial charge on any atom is 0.206 e. The molecule has 0 aliphatic heterocycles. The summed E-state index contributed by atoms with van der Waals surface area (Å²) < 4.78 is 0.998. The molecule has 1 heterocycles. The number of aromatic nitrogens is 2. The van der Waals surface area contributed by atoms with Gasteiger partial charge in [0.25, 0.3) is 0 Å². The van der Waals surface area contributed by atoms with Crippen molar-refractivity contribution < 1.29 is 0 Å². The van der Waals surface area contributed by atoms with Crippen molar-refractivity contribution in [1.82, 2.24) is 10.2 Å². The second-order valence-electron chi connectivity index (χ2n) is 4.21. The van der Waals surface area contributed by atoms with Crippen LogP contribution in [0.5, 0.6) is 0 Å². The molecule has 3 rings (SSSR count). The van der Waals surface area contributed by atoms with E-state index >= 15 is 0 Å². The maximum absolute atomic E-state index is 5.95. The molecule has 0 unspecified atom stereocenters. The van der Waals surface area contributed by atoms with Crippen molar-refractivity contribution in [3.8, 4) is 0 Å². The van der Waals surface area contributed by atoms with Crippen LogP contribution in [0.15, 0.2) is 28.6 Å². The number of nitrogens with zero attached hydrogens (tertiary/aromatic N) is 2. The first-order valence-corrected chi connectivity index (χ1v) is 7.95. The van der Waals surface area contributed by atoms with Gasteiger partial charge in [-0.15, -0.1) is 10.2 Å². The minimum atomic E-state index is 0.628. The van der Waals surface area contributed by atoms with Gasteiger partial charge in [0.1, 0.15) is 0 Å².